The minimum atomic E-state index is -0.608. The predicted molar refractivity (Wildman–Crippen MR) is 93.2 cm³/mol. The van der Waals surface area contributed by atoms with Crippen molar-refractivity contribution in [2.24, 2.45) is 5.41 Å². The Bertz CT molecular complexity index is 906. The summed E-state index contributed by atoms with van der Waals surface area (Å²) in [5, 5.41) is 0. The van der Waals surface area contributed by atoms with Crippen molar-refractivity contribution < 1.29 is 13.9 Å². The van der Waals surface area contributed by atoms with Crippen LogP contribution in [0.5, 0.6) is 0 Å². The molecule has 0 aromatic heterocycles. The number of benzene rings is 2. The lowest BCUT2D eigenvalue weighted by atomic mass is 9.65. The van der Waals surface area contributed by atoms with Gasteiger partial charge in [0.2, 0.25) is 0 Å². The third-order valence-electron chi connectivity index (χ3n) is 6.15. The summed E-state index contributed by atoms with van der Waals surface area (Å²) in [7, 11) is 0. The number of hydrogen-bond acceptors (Lipinski definition) is 2. The van der Waals surface area contributed by atoms with Gasteiger partial charge in [-0.05, 0) is 42.0 Å². The number of rotatable bonds is 1. The standard InChI is InChI=1S/C22H19FO2/c23-18-10-4-3-9-16(18)19-17-13-14-7-1-2-8-15(14)20(17)25-21(24)22(19)11-5-6-12-22/h1-4,7-10,19H,5-6,11-13H2. The van der Waals surface area contributed by atoms with Crippen LogP contribution in [0.4, 0.5) is 4.39 Å². The number of carbonyl (C=O) groups is 1. The molecule has 1 spiro atoms. The highest BCUT2D eigenvalue weighted by Crippen LogP contribution is 2.59. The number of ether oxygens (including phenoxy) is 1. The minimum absolute atomic E-state index is 0.172. The van der Waals surface area contributed by atoms with Gasteiger partial charge < -0.3 is 4.74 Å². The molecule has 2 aromatic carbocycles. The van der Waals surface area contributed by atoms with Gasteiger partial charge in [0.05, 0.1) is 5.41 Å². The number of fused-ring (bicyclic) bond motifs is 2. The molecule has 2 aliphatic carbocycles. The molecule has 25 heavy (non-hydrogen) atoms. The summed E-state index contributed by atoms with van der Waals surface area (Å²) in [6.45, 7) is 0. The van der Waals surface area contributed by atoms with E-state index in [2.05, 4.69) is 6.07 Å². The van der Waals surface area contributed by atoms with E-state index in [-0.39, 0.29) is 17.7 Å². The van der Waals surface area contributed by atoms with Crippen LogP contribution < -0.4 is 0 Å². The normalized spacial score (nSPS) is 23.6. The summed E-state index contributed by atoms with van der Waals surface area (Å²) in [5.74, 6) is 0.0521. The third kappa shape index (κ3) is 1.98. The Morgan fingerprint density at radius 1 is 1.00 bits per heavy atom. The minimum Gasteiger partial charge on any atom is -0.425 e. The van der Waals surface area contributed by atoms with Crippen LogP contribution >= 0.6 is 0 Å². The van der Waals surface area contributed by atoms with Crippen molar-refractivity contribution in [1.29, 1.82) is 0 Å². The lowest BCUT2D eigenvalue weighted by Gasteiger charge is -2.40. The van der Waals surface area contributed by atoms with E-state index in [9.17, 15) is 9.18 Å². The van der Waals surface area contributed by atoms with E-state index in [4.69, 9.17) is 4.74 Å². The van der Waals surface area contributed by atoms with Crippen LogP contribution in [0.25, 0.3) is 5.76 Å². The van der Waals surface area contributed by atoms with Crippen LogP contribution in [0, 0.1) is 11.2 Å². The first-order valence-electron chi connectivity index (χ1n) is 8.99. The predicted octanol–water partition coefficient (Wildman–Crippen LogP) is 4.99. The molecule has 1 unspecified atom stereocenters. The van der Waals surface area contributed by atoms with Crippen molar-refractivity contribution in [2.45, 2.75) is 38.0 Å². The van der Waals surface area contributed by atoms with Crippen molar-refractivity contribution in [3.63, 3.8) is 0 Å². The van der Waals surface area contributed by atoms with E-state index in [0.717, 1.165) is 48.8 Å². The summed E-state index contributed by atoms with van der Waals surface area (Å²) < 4.78 is 20.6. The van der Waals surface area contributed by atoms with Crippen LogP contribution in [0.2, 0.25) is 0 Å². The Kier molecular flexibility index (Phi) is 3.15. The van der Waals surface area contributed by atoms with Gasteiger partial charge in [-0.25, -0.2) is 4.39 Å². The molecule has 3 heteroatoms. The van der Waals surface area contributed by atoms with E-state index in [0.29, 0.717) is 11.3 Å². The number of halogens is 1. The fourth-order valence-electron chi connectivity index (χ4n) is 5.05. The summed E-state index contributed by atoms with van der Waals surface area (Å²) in [4.78, 5) is 13.1. The molecule has 0 N–H and O–H groups in total. The van der Waals surface area contributed by atoms with Gasteiger partial charge in [-0.2, -0.15) is 0 Å². The van der Waals surface area contributed by atoms with Crippen molar-refractivity contribution in [1.82, 2.24) is 0 Å². The second kappa shape index (κ2) is 5.29. The Balaban J connectivity index is 1.75. The van der Waals surface area contributed by atoms with Crippen molar-refractivity contribution in [3.8, 4) is 0 Å². The molecule has 2 nitrogen and oxygen atoms in total. The van der Waals surface area contributed by atoms with Gasteiger partial charge in [-0.15, -0.1) is 0 Å². The van der Waals surface area contributed by atoms with Gasteiger partial charge in [-0.1, -0.05) is 55.3 Å². The number of esters is 1. The molecule has 0 radical (unpaired) electrons. The zero-order chi connectivity index (χ0) is 17.0. The zero-order valence-electron chi connectivity index (χ0n) is 13.9. The van der Waals surface area contributed by atoms with Crippen molar-refractivity contribution in [3.05, 3.63) is 76.6 Å². The first-order valence-corrected chi connectivity index (χ1v) is 8.99. The summed E-state index contributed by atoms with van der Waals surface area (Å²) in [6.07, 6.45) is 4.28. The van der Waals surface area contributed by atoms with Crippen molar-refractivity contribution in [2.75, 3.05) is 0 Å². The first-order chi connectivity index (χ1) is 12.2. The maximum Gasteiger partial charge on any atom is 0.318 e. The molecule has 5 rings (SSSR count). The molecular formula is C22H19FO2. The molecule has 1 aliphatic heterocycles. The molecule has 2 aromatic rings. The van der Waals surface area contributed by atoms with Crippen LogP contribution in [0.1, 0.15) is 48.3 Å². The lowest BCUT2D eigenvalue weighted by Crippen LogP contribution is -2.40. The maximum absolute atomic E-state index is 14.7. The van der Waals surface area contributed by atoms with E-state index in [1.54, 1.807) is 6.07 Å². The molecule has 126 valence electrons. The number of carbonyl (C=O) groups excluding carboxylic acids is 1. The topological polar surface area (TPSA) is 26.3 Å². The quantitative estimate of drug-likeness (QED) is 0.687. The first kappa shape index (κ1) is 14.9. The van der Waals surface area contributed by atoms with Crippen LogP contribution in [0.15, 0.2) is 54.1 Å². The van der Waals surface area contributed by atoms with Crippen LogP contribution in [0.3, 0.4) is 0 Å². The van der Waals surface area contributed by atoms with Gasteiger partial charge in [-0.3, -0.25) is 4.79 Å². The highest BCUT2D eigenvalue weighted by atomic mass is 19.1. The Morgan fingerprint density at radius 2 is 1.72 bits per heavy atom. The van der Waals surface area contributed by atoms with E-state index in [1.165, 1.54) is 6.07 Å². The largest absolute Gasteiger partial charge is 0.425 e. The third-order valence-corrected chi connectivity index (χ3v) is 6.15. The molecule has 1 atom stereocenters. The number of allylic oxidation sites excluding steroid dienone is 1. The molecular weight excluding hydrogens is 315 g/mol. The zero-order valence-corrected chi connectivity index (χ0v) is 13.9. The molecule has 3 aliphatic rings. The summed E-state index contributed by atoms with van der Waals surface area (Å²) in [5.41, 5.74) is 3.26. The molecule has 0 saturated heterocycles. The maximum atomic E-state index is 14.7. The smallest absolute Gasteiger partial charge is 0.318 e. The average molecular weight is 334 g/mol. The van der Waals surface area contributed by atoms with Gasteiger partial charge in [0.1, 0.15) is 11.6 Å². The Labute approximate surface area is 146 Å². The number of hydrogen-bond donors (Lipinski definition) is 0. The van der Waals surface area contributed by atoms with Crippen LogP contribution in [-0.2, 0) is 16.0 Å². The molecule has 1 heterocycles. The fourth-order valence-corrected chi connectivity index (χ4v) is 5.05. The van der Waals surface area contributed by atoms with Crippen LogP contribution in [-0.4, -0.2) is 5.97 Å². The molecule has 0 bridgehead atoms. The van der Waals surface area contributed by atoms with E-state index >= 15 is 0 Å². The second-order valence-electron chi connectivity index (χ2n) is 7.40. The Hall–Kier alpha value is -2.42. The molecule has 1 saturated carbocycles. The Morgan fingerprint density at radius 3 is 2.52 bits per heavy atom. The monoisotopic (exact) mass is 334 g/mol. The van der Waals surface area contributed by atoms with Gasteiger partial charge in [0, 0.05) is 11.5 Å². The van der Waals surface area contributed by atoms with Crippen molar-refractivity contribution >= 4 is 11.7 Å². The summed E-state index contributed by atoms with van der Waals surface area (Å²) >= 11 is 0. The summed E-state index contributed by atoms with van der Waals surface area (Å²) in [6, 6.07) is 14.9. The van der Waals surface area contributed by atoms with E-state index < -0.39 is 5.41 Å². The average Bonchev–Trinajstić information content (AvgIpc) is 3.24. The van der Waals surface area contributed by atoms with E-state index in [1.807, 2.05) is 30.3 Å². The van der Waals surface area contributed by atoms with Gasteiger partial charge >= 0.3 is 5.97 Å². The van der Waals surface area contributed by atoms with Gasteiger partial charge in [0.25, 0.3) is 0 Å². The fraction of sp³-hybridized carbons (Fsp3) is 0.318. The highest BCUT2D eigenvalue weighted by Gasteiger charge is 2.56. The van der Waals surface area contributed by atoms with Gasteiger partial charge in [0.15, 0.2) is 0 Å². The SMILES string of the molecule is O=C1OC2=C(Cc3ccccc32)C(c2ccccc2F)C12CCCC2. The molecule has 0 amide bonds. The lowest BCUT2D eigenvalue weighted by molar-refractivity contribution is -0.150. The second-order valence-corrected chi connectivity index (χ2v) is 7.40. The molecule has 1 fully saturated rings. The highest BCUT2D eigenvalue weighted by molar-refractivity contribution is 5.91.